The first-order valence-electron chi connectivity index (χ1n) is 8.45. The third-order valence-corrected chi connectivity index (χ3v) is 4.56. The van der Waals surface area contributed by atoms with Crippen molar-refractivity contribution >= 4 is 33.4 Å². The van der Waals surface area contributed by atoms with E-state index in [9.17, 15) is 9.59 Å². The number of aromatic nitrogens is 3. The normalized spacial score (nSPS) is 11.0. The number of nitrogens with one attached hydrogen (secondary N) is 1. The molecule has 0 aliphatic rings. The van der Waals surface area contributed by atoms with Crippen LogP contribution in [-0.2, 0) is 18.4 Å². The summed E-state index contributed by atoms with van der Waals surface area (Å²) in [4.78, 5) is 25.3. The first-order chi connectivity index (χ1) is 13.1. The molecule has 0 radical (unpaired) electrons. The van der Waals surface area contributed by atoms with Gasteiger partial charge in [0, 0.05) is 35.1 Å². The second-order valence-corrected chi connectivity index (χ2v) is 6.23. The van der Waals surface area contributed by atoms with Gasteiger partial charge in [0.15, 0.2) is 0 Å². The fourth-order valence-corrected chi connectivity index (χ4v) is 3.26. The molecule has 0 fully saturated rings. The number of aryl methyl sites for hydroxylation is 1. The molecule has 27 heavy (non-hydrogen) atoms. The van der Waals surface area contributed by atoms with Gasteiger partial charge in [0.2, 0.25) is 5.91 Å². The van der Waals surface area contributed by atoms with E-state index in [1.165, 1.54) is 4.68 Å². The van der Waals surface area contributed by atoms with Crippen molar-refractivity contribution in [3.8, 4) is 5.75 Å². The molecule has 136 valence electrons. The van der Waals surface area contributed by atoms with Crippen LogP contribution >= 0.6 is 0 Å². The third kappa shape index (κ3) is 2.93. The number of amides is 1. The predicted molar refractivity (Wildman–Crippen MR) is 104 cm³/mol. The summed E-state index contributed by atoms with van der Waals surface area (Å²) in [5, 5.41) is 8.69. The van der Waals surface area contributed by atoms with Crippen molar-refractivity contribution in [2.75, 3.05) is 12.4 Å². The molecule has 1 amide bonds. The Bertz CT molecular complexity index is 1220. The van der Waals surface area contributed by atoms with Gasteiger partial charge >= 0.3 is 0 Å². The molecular weight excluding hydrogens is 344 g/mol. The van der Waals surface area contributed by atoms with Crippen molar-refractivity contribution in [1.29, 1.82) is 0 Å². The number of benzene rings is 2. The summed E-state index contributed by atoms with van der Waals surface area (Å²) in [6, 6.07) is 14.8. The van der Waals surface area contributed by atoms with Gasteiger partial charge in [-0.25, -0.2) is 4.68 Å². The summed E-state index contributed by atoms with van der Waals surface area (Å²) >= 11 is 0. The van der Waals surface area contributed by atoms with E-state index in [4.69, 9.17) is 4.74 Å². The van der Waals surface area contributed by atoms with E-state index in [2.05, 4.69) is 10.4 Å². The number of ether oxygens (including phenoxy) is 1. The van der Waals surface area contributed by atoms with Crippen molar-refractivity contribution < 1.29 is 9.53 Å². The van der Waals surface area contributed by atoms with Gasteiger partial charge in [0.25, 0.3) is 5.56 Å². The number of carbonyl (C=O) groups is 1. The van der Waals surface area contributed by atoms with E-state index >= 15 is 0 Å². The van der Waals surface area contributed by atoms with Crippen LogP contribution in [-0.4, -0.2) is 27.4 Å². The zero-order chi connectivity index (χ0) is 19.0. The minimum Gasteiger partial charge on any atom is -0.497 e. The van der Waals surface area contributed by atoms with Crippen molar-refractivity contribution in [2.45, 2.75) is 6.54 Å². The fraction of sp³-hybridized carbons (Fsp3) is 0.150. The minimum absolute atomic E-state index is 0.173. The number of methoxy groups -OCH3 is 1. The Kier molecular flexibility index (Phi) is 4.12. The molecule has 0 aliphatic heterocycles. The second kappa shape index (κ2) is 6.60. The summed E-state index contributed by atoms with van der Waals surface area (Å²) < 4.78 is 8.16. The summed E-state index contributed by atoms with van der Waals surface area (Å²) in [6.45, 7) is -0.173. The van der Waals surface area contributed by atoms with Crippen LogP contribution in [0.5, 0.6) is 5.75 Å². The highest BCUT2D eigenvalue weighted by Crippen LogP contribution is 2.24. The van der Waals surface area contributed by atoms with E-state index in [0.717, 1.165) is 16.3 Å². The fourth-order valence-electron chi connectivity index (χ4n) is 3.26. The monoisotopic (exact) mass is 362 g/mol. The molecule has 4 aromatic rings. The van der Waals surface area contributed by atoms with E-state index in [1.54, 1.807) is 37.6 Å². The Morgan fingerprint density at radius 3 is 2.78 bits per heavy atom. The smallest absolute Gasteiger partial charge is 0.291 e. The Hall–Kier alpha value is -3.61. The molecule has 0 aliphatic carbocycles. The number of nitrogens with zero attached hydrogens (tertiary/aromatic N) is 3. The molecule has 0 bridgehead atoms. The molecular formula is C20H18N4O3. The van der Waals surface area contributed by atoms with E-state index in [-0.39, 0.29) is 18.0 Å². The molecule has 7 nitrogen and oxygen atoms in total. The highest BCUT2D eigenvalue weighted by molar-refractivity contribution is 6.07. The Balaban J connectivity index is 1.67. The van der Waals surface area contributed by atoms with Gasteiger partial charge in [-0.05, 0) is 18.2 Å². The van der Waals surface area contributed by atoms with Crippen LogP contribution < -0.4 is 15.6 Å². The van der Waals surface area contributed by atoms with Crippen LogP contribution in [0, 0.1) is 0 Å². The minimum atomic E-state index is -0.337. The number of fused-ring (bicyclic) bond motifs is 3. The highest BCUT2D eigenvalue weighted by atomic mass is 16.5. The van der Waals surface area contributed by atoms with Crippen LogP contribution in [0.25, 0.3) is 21.8 Å². The Labute approximate surface area is 154 Å². The van der Waals surface area contributed by atoms with Gasteiger partial charge in [0.1, 0.15) is 17.8 Å². The molecule has 1 N–H and O–H groups in total. The molecule has 0 unspecified atom stereocenters. The average molecular weight is 362 g/mol. The number of hydrogen-bond acceptors (Lipinski definition) is 4. The summed E-state index contributed by atoms with van der Waals surface area (Å²) in [5.74, 6) is 0.302. The molecule has 2 heterocycles. The molecule has 2 aromatic heterocycles. The lowest BCUT2D eigenvalue weighted by Crippen LogP contribution is -2.30. The third-order valence-electron chi connectivity index (χ3n) is 4.56. The standard InChI is InChI=1S/C20H18N4O3/c1-23-17-9-4-3-8-15(17)16-11-21-24(20(26)19(16)23)12-18(25)22-13-6-5-7-14(10-13)27-2/h3-11H,12H2,1-2H3,(H,22,25). The van der Waals surface area contributed by atoms with Crippen molar-refractivity contribution in [2.24, 2.45) is 7.05 Å². The molecule has 4 rings (SSSR count). The summed E-state index contributed by atoms with van der Waals surface area (Å²) in [5.41, 5.74) is 1.77. The van der Waals surface area contributed by atoms with Crippen molar-refractivity contribution in [3.63, 3.8) is 0 Å². The zero-order valence-electron chi connectivity index (χ0n) is 15.0. The Morgan fingerprint density at radius 1 is 1.15 bits per heavy atom. The van der Waals surface area contributed by atoms with Crippen molar-refractivity contribution in [3.05, 3.63) is 65.1 Å². The predicted octanol–water partition coefficient (Wildman–Crippen LogP) is 2.54. The lowest BCUT2D eigenvalue weighted by Gasteiger charge is -2.08. The molecule has 7 heteroatoms. The number of anilines is 1. The molecule has 0 saturated carbocycles. The maximum Gasteiger partial charge on any atom is 0.291 e. The molecule has 0 atom stereocenters. The molecule has 0 saturated heterocycles. The lowest BCUT2D eigenvalue weighted by molar-refractivity contribution is -0.117. The average Bonchev–Trinajstić information content (AvgIpc) is 2.97. The van der Waals surface area contributed by atoms with Crippen LogP contribution in [0.3, 0.4) is 0 Å². The van der Waals surface area contributed by atoms with E-state index in [1.807, 2.05) is 35.9 Å². The van der Waals surface area contributed by atoms with Gasteiger partial charge in [-0.1, -0.05) is 24.3 Å². The Morgan fingerprint density at radius 2 is 1.96 bits per heavy atom. The topological polar surface area (TPSA) is 78.2 Å². The lowest BCUT2D eigenvalue weighted by atomic mass is 10.2. The zero-order valence-corrected chi connectivity index (χ0v) is 15.0. The van der Waals surface area contributed by atoms with Crippen LogP contribution in [0.1, 0.15) is 0 Å². The van der Waals surface area contributed by atoms with Crippen LogP contribution in [0.2, 0.25) is 0 Å². The summed E-state index contributed by atoms with van der Waals surface area (Å²) in [6.07, 6.45) is 1.64. The highest BCUT2D eigenvalue weighted by Gasteiger charge is 2.15. The first-order valence-corrected chi connectivity index (χ1v) is 8.45. The van der Waals surface area contributed by atoms with Gasteiger partial charge in [-0.15, -0.1) is 0 Å². The largest absolute Gasteiger partial charge is 0.497 e. The van der Waals surface area contributed by atoms with Gasteiger partial charge in [0.05, 0.1) is 13.3 Å². The quantitative estimate of drug-likeness (QED) is 0.605. The van der Waals surface area contributed by atoms with E-state index in [0.29, 0.717) is 17.0 Å². The SMILES string of the molecule is COc1cccc(NC(=O)Cn2ncc3c4ccccc4n(C)c3c2=O)c1. The molecule has 2 aromatic carbocycles. The maximum atomic E-state index is 12.9. The molecule has 0 spiro atoms. The van der Waals surface area contributed by atoms with Gasteiger partial charge in [-0.2, -0.15) is 5.10 Å². The van der Waals surface area contributed by atoms with Crippen molar-refractivity contribution in [1.82, 2.24) is 14.3 Å². The number of carbonyl (C=O) groups excluding carboxylic acids is 1. The number of hydrogen-bond donors (Lipinski definition) is 1. The second-order valence-electron chi connectivity index (χ2n) is 6.23. The first kappa shape index (κ1) is 16.8. The van der Waals surface area contributed by atoms with Crippen LogP contribution in [0.4, 0.5) is 5.69 Å². The van der Waals surface area contributed by atoms with Crippen LogP contribution in [0.15, 0.2) is 59.5 Å². The maximum absolute atomic E-state index is 12.9. The number of para-hydroxylation sites is 1. The van der Waals surface area contributed by atoms with Gasteiger partial charge < -0.3 is 14.6 Å². The van der Waals surface area contributed by atoms with Gasteiger partial charge in [-0.3, -0.25) is 9.59 Å². The summed E-state index contributed by atoms with van der Waals surface area (Å²) in [7, 11) is 3.40. The number of rotatable bonds is 4. The van der Waals surface area contributed by atoms with E-state index < -0.39 is 0 Å².